The molecule has 0 fully saturated rings. The Morgan fingerprint density at radius 3 is 2.71 bits per heavy atom. The van der Waals surface area contributed by atoms with Crippen LogP contribution >= 0.6 is 15.9 Å². The molecule has 0 saturated heterocycles. The van der Waals surface area contributed by atoms with Gasteiger partial charge in [-0.15, -0.1) is 0 Å². The van der Waals surface area contributed by atoms with Crippen molar-refractivity contribution in [3.05, 3.63) is 58.3 Å². The fraction of sp³-hybridized carbons (Fsp3) is 0.0714. The molecule has 0 atom stereocenters. The summed E-state index contributed by atoms with van der Waals surface area (Å²) >= 11 is 3.35. The van der Waals surface area contributed by atoms with Crippen LogP contribution in [0.25, 0.3) is 12.2 Å². The second-order valence-corrected chi connectivity index (χ2v) is 4.31. The third-order valence-electron chi connectivity index (χ3n) is 2.28. The van der Waals surface area contributed by atoms with Crippen LogP contribution < -0.4 is 4.74 Å². The van der Waals surface area contributed by atoms with E-state index in [0.717, 1.165) is 21.6 Å². The van der Waals surface area contributed by atoms with Crippen molar-refractivity contribution in [1.29, 1.82) is 0 Å². The van der Waals surface area contributed by atoms with Crippen LogP contribution in [-0.2, 0) is 0 Å². The Bertz CT molecular complexity index is 537. The summed E-state index contributed by atoms with van der Waals surface area (Å²) in [6.45, 7) is 0. The number of pyridine rings is 1. The summed E-state index contributed by atoms with van der Waals surface area (Å²) in [5.74, 6) is 0.856. The van der Waals surface area contributed by atoms with Crippen LogP contribution in [0.3, 0.4) is 0 Å². The normalized spacial score (nSPS) is 10.7. The monoisotopic (exact) mass is 289 g/mol. The van der Waals surface area contributed by atoms with E-state index in [4.69, 9.17) is 4.74 Å². The lowest BCUT2D eigenvalue weighted by Gasteiger charge is -2.00. The summed E-state index contributed by atoms with van der Waals surface area (Å²) in [6.07, 6.45) is 3.98. The van der Waals surface area contributed by atoms with Gasteiger partial charge in [0.15, 0.2) is 0 Å². The Morgan fingerprint density at radius 1 is 1.12 bits per heavy atom. The maximum absolute atomic E-state index is 5.17. The van der Waals surface area contributed by atoms with E-state index in [2.05, 4.69) is 20.9 Å². The van der Waals surface area contributed by atoms with E-state index in [1.807, 2.05) is 54.6 Å². The summed E-state index contributed by atoms with van der Waals surface area (Å²) < 4.78 is 6.01. The molecule has 1 heterocycles. The average molecular weight is 290 g/mol. The molecule has 1 aromatic heterocycles. The first-order chi connectivity index (χ1) is 8.28. The maximum atomic E-state index is 5.17. The van der Waals surface area contributed by atoms with Crippen LogP contribution in [-0.4, -0.2) is 12.1 Å². The lowest BCUT2D eigenvalue weighted by atomic mass is 10.2. The van der Waals surface area contributed by atoms with Gasteiger partial charge in [-0.05, 0) is 51.8 Å². The van der Waals surface area contributed by atoms with Crippen LogP contribution in [0.5, 0.6) is 5.75 Å². The molecule has 0 aliphatic carbocycles. The van der Waals surface area contributed by atoms with E-state index >= 15 is 0 Å². The highest BCUT2D eigenvalue weighted by atomic mass is 79.9. The predicted molar refractivity (Wildman–Crippen MR) is 73.9 cm³/mol. The minimum atomic E-state index is 0.838. The zero-order valence-corrected chi connectivity index (χ0v) is 11.0. The quantitative estimate of drug-likeness (QED) is 0.796. The highest BCUT2D eigenvalue weighted by Crippen LogP contribution is 2.15. The van der Waals surface area contributed by atoms with Gasteiger partial charge in [0.2, 0.25) is 0 Å². The van der Waals surface area contributed by atoms with Crippen molar-refractivity contribution in [3.8, 4) is 5.75 Å². The standard InChI is InChI=1S/C14H12BrNO/c1-17-13-6-2-4-11(10-13)8-9-12-5-3-7-14(15)16-12/h2-10H,1H3. The van der Waals surface area contributed by atoms with Crippen LogP contribution in [0.2, 0.25) is 0 Å². The van der Waals surface area contributed by atoms with Crippen molar-refractivity contribution >= 4 is 28.1 Å². The third kappa shape index (κ3) is 3.43. The number of nitrogens with zero attached hydrogens (tertiary/aromatic N) is 1. The van der Waals surface area contributed by atoms with Crippen LogP contribution in [0.15, 0.2) is 47.1 Å². The molecule has 0 spiro atoms. The van der Waals surface area contributed by atoms with E-state index in [-0.39, 0.29) is 0 Å². The molecule has 2 nitrogen and oxygen atoms in total. The first kappa shape index (κ1) is 11.9. The van der Waals surface area contributed by atoms with E-state index in [9.17, 15) is 0 Å². The molecule has 17 heavy (non-hydrogen) atoms. The first-order valence-corrected chi connectivity index (χ1v) is 6.02. The zero-order valence-electron chi connectivity index (χ0n) is 9.43. The molecule has 0 radical (unpaired) electrons. The Hall–Kier alpha value is -1.61. The number of rotatable bonds is 3. The summed E-state index contributed by atoms with van der Waals surface area (Å²) in [7, 11) is 1.67. The molecular weight excluding hydrogens is 278 g/mol. The summed E-state index contributed by atoms with van der Waals surface area (Å²) in [6, 6.07) is 13.7. The van der Waals surface area contributed by atoms with Crippen molar-refractivity contribution in [2.45, 2.75) is 0 Å². The number of methoxy groups -OCH3 is 1. The summed E-state index contributed by atoms with van der Waals surface area (Å²) in [5.41, 5.74) is 2.01. The van der Waals surface area contributed by atoms with Gasteiger partial charge in [-0.3, -0.25) is 0 Å². The predicted octanol–water partition coefficient (Wildman–Crippen LogP) is 4.02. The number of hydrogen-bond donors (Lipinski definition) is 0. The third-order valence-corrected chi connectivity index (χ3v) is 2.72. The average Bonchev–Trinajstić information content (AvgIpc) is 2.37. The number of benzene rings is 1. The lowest BCUT2D eigenvalue weighted by Crippen LogP contribution is -1.83. The second-order valence-electron chi connectivity index (χ2n) is 3.50. The fourth-order valence-corrected chi connectivity index (χ4v) is 1.80. The van der Waals surface area contributed by atoms with Crippen molar-refractivity contribution in [2.24, 2.45) is 0 Å². The Labute approximate surface area is 109 Å². The molecule has 0 saturated carbocycles. The molecule has 0 unspecified atom stereocenters. The molecule has 0 amide bonds. The van der Waals surface area contributed by atoms with Gasteiger partial charge < -0.3 is 4.74 Å². The molecule has 0 bridgehead atoms. The second kappa shape index (κ2) is 5.64. The van der Waals surface area contributed by atoms with Gasteiger partial charge in [-0.2, -0.15) is 0 Å². The maximum Gasteiger partial charge on any atom is 0.119 e. The van der Waals surface area contributed by atoms with Crippen LogP contribution in [0.4, 0.5) is 0 Å². The summed E-state index contributed by atoms with van der Waals surface area (Å²) in [5, 5.41) is 0. The zero-order chi connectivity index (χ0) is 12.1. The number of halogens is 1. The topological polar surface area (TPSA) is 22.1 Å². The van der Waals surface area contributed by atoms with Gasteiger partial charge >= 0.3 is 0 Å². The molecule has 0 aliphatic heterocycles. The fourth-order valence-electron chi connectivity index (χ4n) is 1.44. The first-order valence-electron chi connectivity index (χ1n) is 5.22. The molecule has 0 aliphatic rings. The minimum absolute atomic E-state index is 0.838. The molecule has 2 rings (SSSR count). The minimum Gasteiger partial charge on any atom is -0.497 e. The number of ether oxygens (including phenoxy) is 1. The number of hydrogen-bond acceptors (Lipinski definition) is 2. The van der Waals surface area contributed by atoms with Crippen molar-refractivity contribution in [3.63, 3.8) is 0 Å². The Balaban J connectivity index is 2.19. The molecule has 2 aromatic rings. The van der Waals surface area contributed by atoms with Crippen LogP contribution in [0.1, 0.15) is 11.3 Å². The molecule has 0 N–H and O–H groups in total. The van der Waals surface area contributed by atoms with E-state index < -0.39 is 0 Å². The summed E-state index contributed by atoms with van der Waals surface area (Å²) in [4.78, 5) is 4.33. The molecule has 3 heteroatoms. The van der Waals surface area contributed by atoms with Gasteiger partial charge in [-0.1, -0.05) is 24.3 Å². The van der Waals surface area contributed by atoms with E-state index in [1.165, 1.54) is 0 Å². The highest BCUT2D eigenvalue weighted by molar-refractivity contribution is 9.10. The SMILES string of the molecule is COc1cccc(C=Cc2cccc(Br)n2)c1. The smallest absolute Gasteiger partial charge is 0.119 e. The molecule has 86 valence electrons. The highest BCUT2D eigenvalue weighted by Gasteiger charge is 1.93. The van der Waals surface area contributed by atoms with E-state index in [0.29, 0.717) is 0 Å². The van der Waals surface area contributed by atoms with Crippen LogP contribution in [0, 0.1) is 0 Å². The van der Waals surface area contributed by atoms with E-state index in [1.54, 1.807) is 7.11 Å². The van der Waals surface area contributed by atoms with Gasteiger partial charge in [-0.25, -0.2) is 4.98 Å². The van der Waals surface area contributed by atoms with Gasteiger partial charge in [0.05, 0.1) is 12.8 Å². The largest absolute Gasteiger partial charge is 0.497 e. The molecular formula is C14H12BrNO. The van der Waals surface area contributed by atoms with Gasteiger partial charge in [0, 0.05) is 0 Å². The van der Waals surface area contributed by atoms with Gasteiger partial charge in [0.25, 0.3) is 0 Å². The van der Waals surface area contributed by atoms with Gasteiger partial charge in [0.1, 0.15) is 10.4 Å². The molecule has 1 aromatic carbocycles. The van der Waals surface area contributed by atoms with Crippen molar-refractivity contribution in [2.75, 3.05) is 7.11 Å². The number of aromatic nitrogens is 1. The van der Waals surface area contributed by atoms with Crippen molar-refractivity contribution in [1.82, 2.24) is 4.98 Å². The lowest BCUT2D eigenvalue weighted by molar-refractivity contribution is 0.414. The van der Waals surface area contributed by atoms with Crippen molar-refractivity contribution < 1.29 is 4.74 Å². The Morgan fingerprint density at radius 2 is 1.94 bits per heavy atom. The Kier molecular flexibility index (Phi) is 3.94.